The van der Waals surface area contributed by atoms with E-state index in [0.29, 0.717) is 5.92 Å². The second kappa shape index (κ2) is 6.01. The molecule has 5 rings (SSSR count). The van der Waals surface area contributed by atoms with Crippen molar-refractivity contribution in [2.45, 2.75) is 38.0 Å². The Hall–Kier alpha value is -2.56. The number of rotatable bonds is 3. The highest BCUT2D eigenvalue weighted by molar-refractivity contribution is 5.83. The zero-order valence-corrected chi connectivity index (χ0v) is 14.9. The van der Waals surface area contributed by atoms with Gasteiger partial charge in [-0.1, -0.05) is 6.07 Å². The van der Waals surface area contributed by atoms with Crippen LogP contribution in [0.5, 0.6) is 0 Å². The number of furan rings is 1. The molecule has 0 unspecified atom stereocenters. The Labute approximate surface area is 152 Å². The third-order valence-electron chi connectivity index (χ3n) is 5.79. The molecule has 1 aromatic carbocycles. The highest BCUT2D eigenvalue weighted by Gasteiger charge is 2.48. The Morgan fingerprint density at radius 2 is 2.27 bits per heavy atom. The Morgan fingerprint density at radius 1 is 1.35 bits per heavy atom. The lowest BCUT2D eigenvalue weighted by atomic mass is 9.97. The van der Waals surface area contributed by atoms with Gasteiger partial charge in [-0.2, -0.15) is 0 Å². The molecule has 134 valence electrons. The second-order valence-electron chi connectivity index (χ2n) is 7.73. The minimum Gasteiger partial charge on any atom is -0.469 e. The summed E-state index contributed by atoms with van der Waals surface area (Å²) in [6.45, 7) is 3.71. The average molecular weight is 349 g/mol. The maximum atomic E-state index is 12.9. The summed E-state index contributed by atoms with van der Waals surface area (Å²) in [4.78, 5) is 23.2. The smallest absolute Gasteiger partial charge is 0.226 e. The largest absolute Gasteiger partial charge is 0.469 e. The summed E-state index contributed by atoms with van der Waals surface area (Å²) < 4.78 is 5.47. The lowest BCUT2D eigenvalue weighted by Gasteiger charge is -2.32. The number of nitrogens with one attached hydrogen (secondary N) is 1. The normalized spacial score (nSPS) is 25.6. The highest BCUT2D eigenvalue weighted by atomic mass is 16.3. The van der Waals surface area contributed by atoms with Gasteiger partial charge in [-0.3, -0.25) is 4.79 Å². The number of aryl methyl sites for hydroxylation is 1. The van der Waals surface area contributed by atoms with E-state index < -0.39 is 0 Å². The molecule has 2 aliphatic rings. The first kappa shape index (κ1) is 15.7. The van der Waals surface area contributed by atoms with Gasteiger partial charge in [0.05, 0.1) is 17.3 Å². The van der Waals surface area contributed by atoms with Crippen molar-refractivity contribution in [3.63, 3.8) is 0 Å². The van der Waals surface area contributed by atoms with Gasteiger partial charge in [0.2, 0.25) is 5.91 Å². The number of likely N-dealkylation sites (tertiary alicyclic amines) is 1. The van der Waals surface area contributed by atoms with Crippen LogP contribution in [0.1, 0.15) is 48.2 Å². The van der Waals surface area contributed by atoms with Crippen molar-refractivity contribution < 1.29 is 9.21 Å². The predicted molar refractivity (Wildman–Crippen MR) is 98.9 cm³/mol. The molecule has 1 aliphatic carbocycles. The van der Waals surface area contributed by atoms with E-state index in [-0.39, 0.29) is 17.7 Å². The Kier molecular flexibility index (Phi) is 3.62. The number of carbonyl (C=O) groups is 1. The van der Waals surface area contributed by atoms with Crippen LogP contribution in [-0.4, -0.2) is 33.9 Å². The van der Waals surface area contributed by atoms with Crippen molar-refractivity contribution in [1.82, 2.24) is 14.9 Å². The molecule has 3 atom stereocenters. The molecule has 1 aliphatic heterocycles. The summed E-state index contributed by atoms with van der Waals surface area (Å²) in [5, 5.41) is 0. The number of aromatic nitrogens is 2. The minimum atomic E-state index is 0.0956. The summed E-state index contributed by atoms with van der Waals surface area (Å²) in [5.41, 5.74) is 3.32. The lowest BCUT2D eigenvalue weighted by molar-refractivity contribution is -0.134. The number of carbonyl (C=O) groups excluding carboxylic acids is 1. The van der Waals surface area contributed by atoms with Crippen LogP contribution in [0.15, 0.2) is 41.0 Å². The Balaban J connectivity index is 1.31. The zero-order chi connectivity index (χ0) is 17.7. The molecule has 2 aromatic heterocycles. The molecular weight excluding hydrogens is 326 g/mol. The zero-order valence-electron chi connectivity index (χ0n) is 14.9. The molecule has 1 N–H and O–H groups in total. The summed E-state index contributed by atoms with van der Waals surface area (Å²) in [6.07, 6.45) is 4.71. The van der Waals surface area contributed by atoms with Crippen LogP contribution in [0.3, 0.4) is 0 Å². The molecule has 26 heavy (non-hydrogen) atoms. The maximum absolute atomic E-state index is 12.9. The Bertz CT molecular complexity index is 943. The second-order valence-corrected chi connectivity index (χ2v) is 7.73. The molecule has 0 radical (unpaired) electrons. The number of aromatic amines is 1. The SMILES string of the molecule is Cc1ccc2nc([C@H]3CCCN(C(=O)[C@@H]4C[C@@H]4c4ccco4)C3)[nH]c2c1. The monoisotopic (exact) mass is 349 g/mol. The molecule has 1 saturated heterocycles. The third-order valence-corrected chi connectivity index (χ3v) is 5.79. The fraction of sp³-hybridized carbons (Fsp3) is 0.429. The van der Waals surface area contributed by atoms with Crippen molar-refractivity contribution >= 4 is 16.9 Å². The molecular formula is C21H23N3O2. The van der Waals surface area contributed by atoms with Crippen LogP contribution >= 0.6 is 0 Å². The summed E-state index contributed by atoms with van der Waals surface area (Å²) in [5.74, 6) is 2.90. The summed E-state index contributed by atoms with van der Waals surface area (Å²) >= 11 is 0. The van der Waals surface area contributed by atoms with Crippen molar-refractivity contribution in [3.05, 3.63) is 53.7 Å². The van der Waals surface area contributed by atoms with Crippen molar-refractivity contribution in [2.24, 2.45) is 5.92 Å². The van der Waals surface area contributed by atoms with Gasteiger partial charge in [-0.15, -0.1) is 0 Å². The third kappa shape index (κ3) is 2.71. The Morgan fingerprint density at radius 3 is 3.12 bits per heavy atom. The van der Waals surface area contributed by atoms with Crippen LogP contribution < -0.4 is 0 Å². The predicted octanol–water partition coefficient (Wildman–Crippen LogP) is 3.97. The van der Waals surface area contributed by atoms with E-state index in [2.05, 4.69) is 30.1 Å². The number of H-pyrrole nitrogens is 1. The number of hydrogen-bond acceptors (Lipinski definition) is 3. The standard InChI is InChI=1S/C21H23N3O2/c1-13-6-7-17-18(10-13)23-20(22-17)14-4-2-8-24(12-14)21(25)16-11-15(16)19-5-3-9-26-19/h3,5-7,9-10,14-16H,2,4,8,11-12H2,1H3,(H,22,23)/t14-,15-,16+/m0/s1. The van der Waals surface area contributed by atoms with Crippen LogP contribution in [-0.2, 0) is 4.79 Å². The van der Waals surface area contributed by atoms with Crippen molar-refractivity contribution in [3.8, 4) is 0 Å². The maximum Gasteiger partial charge on any atom is 0.226 e. The average Bonchev–Trinajstić information content (AvgIpc) is 3.07. The van der Waals surface area contributed by atoms with Gasteiger partial charge in [0.25, 0.3) is 0 Å². The van der Waals surface area contributed by atoms with Crippen LogP contribution in [0.2, 0.25) is 0 Å². The van der Waals surface area contributed by atoms with Gasteiger partial charge in [0.15, 0.2) is 0 Å². The summed E-state index contributed by atoms with van der Waals surface area (Å²) in [6, 6.07) is 10.2. The molecule has 1 saturated carbocycles. The first-order valence-electron chi connectivity index (χ1n) is 9.47. The van der Waals surface area contributed by atoms with Gasteiger partial charge in [0.1, 0.15) is 11.6 Å². The van der Waals surface area contributed by atoms with Crippen LogP contribution in [0.4, 0.5) is 0 Å². The van der Waals surface area contributed by atoms with E-state index in [1.165, 1.54) is 5.56 Å². The molecule has 5 heteroatoms. The van der Waals surface area contributed by atoms with Crippen molar-refractivity contribution in [2.75, 3.05) is 13.1 Å². The van der Waals surface area contributed by atoms with E-state index in [9.17, 15) is 4.79 Å². The first-order valence-corrected chi connectivity index (χ1v) is 9.47. The van der Waals surface area contributed by atoms with Gasteiger partial charge >= 0.3 is 0 Å². The molecule has 3 aromatic rings. The fourth-order valence-corrected chi connectivity index (χ4v) is 4.26. The minimum absolute atomic E-state index is 0.0956. The van der Waals surface area contributed by atoms with Gasteiger partial charge in [-0.25, -0.2) is 4.98 Å². The van der Waals surface area contributed by atoms with E-state index in [1.54, 1.807) is 6.26 Å². The van der Waals surface area contributed by atoms with E-state index in [1.807, 2.05) is 17.0 Å². The number of amides is 1. The number of benzene rings is 1. The summed E-state index contributed by atoms with van der Waals surface area (Å²) in [7, 11) is 0. The molecule has 5 nitrogen and oxygen atoms in total. The number of fused-ring (bicyclic) bond motifs is 1. The number of nitrogens with zero attached hydrogens (tertiary/aromatic N) is 2. The number of piperidine rings is 1. The van der Waals surface area contributed by atoms with Gasteiger partial charge < -0.3 is 14.3 Å². The highest BCUT2D eigenvalue weighted by Crippen LogP contribution is 2.49. The first-order chi connectivity index (χ1) is 12.7. The molecule has 0 spiro atoms. The van der Waals surface area contributed by atoms with E-state index >= 15 is 0 Å². The van der Waals surface area contributed by atoms with Crippen LogP contribution in [0, 0.1) is 12.8 Å². The molecule has 3 heterocycles. The number of hydrogen-bond donors (Lipinski definition) is 1. The topological polar surface area (TPSA) is 62.1 Å². The number of imidazole rings is 1. The lowest BCUT2D eigenvalue weighted by Crippen LogP contribution is -2.40. The van der Waals surface area contributed by atoms with Gasteiger partial charge in [-0.05, 0) is 56.0 Å². The van der Waals surface area contributed by atoms with Gasteiger partial charge in [0, 0.05) is 30.8 Å². The molecule has 2 fully saturated rings. The molecule has 1 amide bonds. The fourth-order valence-electron chi connectivity index (χ4n) is 4.26. The molecule has 0 bridgehead atoms. The van der Waals surface area contributed by atoms with Crippen LogP contribution in [0.25, 0.3) is 11.0 Å². The van der Waals surface area contributed by atoms with E-state index in [0.717, 1.165) is 55.0 Å². The van der Waals surface area contributed by atoms with E-state index in [4.69, 9.17) is 9.40 Å². The van der Waals surface area contributed by atoms with Crippen molar-refractivity contribution in [1.29, 1.82) is 0 Å². The quantitative estimate of drug-likeness (QED) is 0.778.